The number of nitrogens with zero attached hydrogens (tertiary/aromatic N) is 2. The average molecular weight is 486 g/mol. The minimum absolute atomic E-state index is 0.0438. The van der Waals surface area contributed by atoms with E-state index in [1.165, 1.54) is 0 Å². The molecule has 2 amide bonds. The maximum absolute atomic E-state index is 13.6. The Kier molecular flexibility index (Phi) is 9.72. The number of ketones is 1. The molecule has 0 aliphatic carbocycles. The van der Waals surface area contributed by atoms with Gasteiger partial charge in [0.1, 0.15) is 11.8 Å². The van der Waals surface area contributed by atoms with E-state index in [-0.39, 0.29) is 29.7 Å². The molecule has 0 radical (unpaired) electrons. The van der Waals surface area contributed by atoms with Crippen LogP contribution in [0.2, 0.25) is 0 Å². The van der Waals surface area contributed by atoms with Crippen molar-refractivity contribution in [2.24, 2.45) is 17.8 Å². The maximum atomic E-state index is 13.6. The number of amides is 2. The lowest BCUT2D eigenvalue weighted by Crippen LogP contribution is -2.62. The van der Waals surface area contributed by atoms with Gasteiger partial charge in [-0.3, -0.25) is 14.4 Å². The Morgan fingerprint density at radius 2 is 1.69 bits per heavy atom. The van der Waals surface area contributed by atoms with Crippen LogP contribution in [0, 0.1) is 17.8 Å². The van der Waals surface area contributed by atoms with Gasteiger partial charge in [0.25, 0.3) is 0 Å². The molecule has 1 N–H and O–H groups in total. The number of carbonyl (C=O) groups excluding carboxylic acids is 3. The first-order valence-electron chi connectivity index (χ1n) is 13.2. The van der Waals surface area contributed by atoms with Crippen LogP contribution in [0.25, 0.3) is 0 Å². The summed E-state index contributed by atoms with van der Waals surface area (Å²) in [7, 11) is 0. The number of likely N-dealkylation sites (tertiary alicyclic amines) is 1. The van der Waals surface area contributed by atoms with Crippen molar-refractivity contribution in [2.45, 2.75) is 72.4 Å². The highest BCUT2D eigenvalue weighted by Crippen LogP contribution is 2.24. The van der Waals surface area contributed by atoms with Gasteiger partial charge in [0, 0.05) is 31.7 Å². The second kappa shape index (κ2) is 12.5. The molecule has 2 heterocycles. The van der Waals surface area contributed by atoms with Gasteiger partial charge in [0.05, 0.1) is 12.6 Å². The van der Waals surface area contributed by atoms with E-state index >= 15 is 0 Å². The number of carbonyl (C=O) groups is 3. The Balaban J connectivity index is 1.56. The first-order chi connectivity index (χ1) is 16.7. The largest absolute Gasteiger partial charge is 0.493 e. The molecule has 2 aliphatic heterocycles. The summed E-state index contributed by atoms with van der Waals surface area (Å²) in [6.45, 7) is 13.3. The van der Waals surface area contributed by atoms with Gasteiger partial charge in [-0.2, -0.15) is 0 Å². The average Bonchev–Trinajstić information content (AvgIpc) is 2.82. The monoisotopic (exact) mass is 485 g/mol. The number of ether oxygens (including phenoxy) is 1. The lowest BCUT2D eigenvalue weighted by atomic mass is 9.94. The number of benzene rings is 1. The number of Topliss-reactive ketones (excluding diaryl/α,β-unsaturated/α-hetero) is 1. The number of rotatable bonds is 10. The highest BCUT2D eigenvalue weighted by Gasteiger charge is 2.39. The van der Waals surface area contributed by atoms with Crippen LogP contribution in [0.5, 0.6) is 5.75 Å². The Labute approximate surface area is 210 Å². The first-order valence-corrected chi connectivity index (χ1v) is 13.2. The Hall–Kier alpha value is -2.41. The van der Waals surface area contributed by atoms with Crippen LogP contribution in [0.4, 0.5) is 0 Å². The molecule has 1 aromatic carbocycles. The summed E-state index contributed by atoms with van der Waals surface area (Å²) in [5.74, 6) is 2.10. The van der Waals surface area contributed by atoms with Gasteiger partial charge in [-0.1, -0.05) is 27.7 Å². The standard InChI is InChI=1S/C28H43N3O4/c1-19(2)16-25-27(33)31(15-12-29-25)26(17-20(3)4)28(34)30-13-10-22(11-14-30)18-35-24-8-6-23(7-9-24)21(5)32/h6-9,19-20,22,25-26,29H,10-18H2,1-5H3/t25-,26-/m0/s1. The summed E-state index contributed by atoms with van der Waals surface area (Å²) in [4.78, 5) is 42.1. The van der Waals surface area contributed by atoms with Crippen molar-refractivity contribution in [1.82, 2.24) is 15.1 Å². The summed E-state index contributed by atoms with van der Waals surface area (Å²) >= 11 is 0. The summed E-state index contributed by atoms with van der Waals surface area (Å²) in [5, 5.41) is 3.35. The second-order valence-corrected chi connectivity index (χ2v) is 11.0. The molecule has 194 valence electrons. The Morgan fingerprint density at radius 1 is 1.03 bits per heavy atom. The van der Waals surface area contributed by atoms with Crippen LogP contribution in [-0.2, 0) is 9.59 Å². The Bertz CT molecular complexity index is 859. The SMILES string of the molecule is CC(=O)c1ccc(OCC2CCN(C(=O)[C@H](CC(C)C)N3CCN[C@@H](CC(C)C)C3=O)CC2)cc1. The van der Waals surface area contributed by atoms with Crippen molar-refractivity contribution in [3.63, 3.8) is 0 Å². The summed E-state index contributed by atoms with van der Waals surface area (Å²) in [6.07, 6.45) is 3.26. The number of piperazine rings is 1. The van der Waals surface area contributed by atoms with Crippen molar-refractivity contribution in [3.8, 4) is 5.75 Å². The predicted molar refractivity (Wildman–Crippen MR) is 137 cm³/mol. The molecule has 2 saturated heterocycles. The quantitative estimate of drug-likeness (QED) is 0.511. The zero-order chi connectivity index (χ0) is 25.5. The van der Waals surface area contributed by atoms with E-state index in [4.69, 9.17) is 4.74 Å². The lowest BCUT2D eigenvalue weighted by Gasteiger charge is -2.42. The van der Waals surface area contributed by atoms with Crippen LogP contribution >= 0.6 is 0 Å². The third-order valence-electron chi connectivity index (χ3n) is 7.06. The van der Waals surface area contributed by atoms with E-state index < -0.39 is 0 Å². The molecule has 0 unspecified atom stereocenters. The normalized spacial score (nSPS) is 20.4. The molecule has 0 aromatic heterocycles. The summed E-state index contributed by atoms with van der Waals surface area (Å²) < 4.78 is 5.95. The summed E-state index contributed by atoms with van der Waals surface area (Å²) in [5.41, 5.74) is 0.679. The van der Waals surface area contributed by atoms with E-state index in [1.807, 2.05) is 21.9 Å². The summed E-state index contributed by atoms with van der Waals surface area (Å²) in [6, 6.07) is 6.67. The van der Waals surface area contributed by atoms with E-state index in [1.54, 1.807) is 19.1 Å². The highest BCUT2D eigenvalue weighted by molar-refractivity contribution is 5.94. The van der Waals surface area contributed by atoms with Gasteiger partial charge in [0.15, 0.2) is 5.78 Å². The molecule has 0 bridgehead atoms. The van der Waals surface area contributed by atoms with Crippen LogP contribution < -0.4 is 10.1 Å². The molecule has 1 aromatic rings. The predicted octanol–water partition coefficient (Wildman–Crippen LogP) is 3.77. The highest BCUT2D eigenvalue weighted by atomic mass is 16.5. The van der Waals surface area contributed by atoms with Gasteiger partial charge in [-0.15, -0.1) is 0 Å². The Morgan fingerprint density at radius 3 is 2.26 bits per heavy atom. The minimum Gasteiger partial charge on any atom is -0.493 e. The smallest absolute Gasteiger partial charge is 0.245 e. The van der Waals surface area contributed by atoms with Crippen molar-refractivity contribution < 1.29 is 19.1 Å². The topological polar surface area (TPSA) is 79.0 Å². The zero-order valence-corrected chi connectivity index (χ0v) is 22.1. The van der Waals surface area contributed by atoms with Gasteiger partial charge >= 0.3 is 0 Å². The van der Waals surface area contributed by atoms with Crippen molar-refractivity contribution in [2.75, 3.05) is 32.8 Å². The second-order valence-electron chi connectivity index (χ2n) is 11.0. The lowest BCUT2D eigenvalue weighted by molar-refractivity contribution is -0.150. The minimum atomic E-state index is -0.383. The molecule has 7 nitrogen and oxygen atoms in total. The number of hydrogen-bond donors (Lipinski definition) is 1. The van der Waals surface area contributed by atoms with Crippen molar-refractivity contribution in [1.29, 1.82) is 0 Å². The number of hydrogen-bond acceptors (Lipinski definition) is 5. The van der Waals surface area contributed by atoms with Gasteiger partial charge < -0.3 is 19.9 Å². The van der Waals surface area contributed by atoms with Crippen LogP contribution in [0.15, 0.2) is 24.3 Å². The van der Waals surface area contributed by atoms with Crippen molar-refractivity contribution in [3.05, 3.63) is 29.8 Å². The molecular formula is C28H43N3O4. The van der Waals surface area contributed by atoms with E-state index in [9.17, 15) is 14.4 Å². The maximum Gasteiger partial charge on any atom is 0.245 e. The molecule has 2 atom stereocenters. The number of nitrogens with one attached hydrogen (secondary N) is 1. The molecule has 2 aliphatic rings. The van der Waals surface area contributed by atoms with Crippen LogP contribution in [0.3, 0.4) is 0 Å². The van der Waals surface area contributed by atoms with Crippen LogP contribution in [-0.4, -0.2) is 72.3 Å². The molecule has 35 heavy (non-hydrogen) atoms. The first kappa shape index (κ1) is 27.2. The molecule has 3 rings (SSSR count). The third kappa shape index (κ3) is 7.53. The van der Waals surface area contributed by atoms with E-state index in [0.29, 0.717) is 56.0 Å². The fourth-order valence-corrected chi connectivity index (χ4v) is 5.06. The van der Waals surface area contributed by atoms with E-state index in [2.05, 4.69) is 33.0 Å². The zero-order valence-electron chi connectivity index (χ0n) is 22.1. The molecule has 0 saturated carbocycles. The molecule has 0 spiro atoms. The van der Waals surface area contributed by atoms with Gasteiger partial charge in [-0.25, -0.2) is 0 Å². The fourth-order valence-electron chi connectivity index (χ4n) is 5.06. The molecular weight excluding hydrogens is 442 g/mol. The third-order valence-corrected chi connectivity index (χ3v) is 7.06. The fraction of sp³-hybridized carbons (Fsp3) is 0.679. The molecule has 7 heteroatoms. The number of piperidine rings is 1. The molecule has 2 fully saturated rings. The van der Waals surface area contributed by atoms with E-state index in [0.717, 1.165) is 31.6 Å². The van der Waals surface area contributed by atoms with Crippen molar-refractivity contribution >= 4 is 17.6 Å². The van der Waals surface area contributed by atoms with Crippen LogP contribution in [0.1, 0.15) is 70.7 Å². The van der Waals surface area contributed by atoms with Gasteiger partial charge in [0.2, 0.25) is 11.8 Å². The van der Waals surface area contributed by atoms with Gasteiger partial charge in [-0.05, 0) is 74.6 Å².